The van der Waals surface area contributed by atoms with Gasteiger partial charge in [-0.1, -0.05) is 32.1 Å². The molecule has 0 radical (unpaired) electrons. The van der Waals surface area contributed by atoms with Gasteiger partial charge in [-0.2, -0.15) is 0 Å². The normalized spacial score (nSPS) is 16.8. The summed E-state index contributed by atoms with van der Waals surface area (Å²) in [7, 11) is 0. The van der Waals surface area contributed by atoms with Crippen LogP contribution in [-0.4, -0.2) is 23.0 Å². The second kappa shape index (κ2) is 5.99. The van der Waals surface area contributed by atoms with E-state index in [1.807, 2.05) is 0 Å². The Kier molecular flexibility index (Phi) is 4.52. The van der Waals surface area contributed by atoms with Crippen LogP contribution in [0.1, 0.15) is 56.1 Å². The smallest absolute Gasteiger partial charge is 0.265 e. The van der Waals surface area contributed by atoms with Gasteiger partial charge in [0, 0.05) is 12.1 Å². The van der Waals surface area contributed by atoms with Gasteiger partial charge in [0.2, 0.25) is 0 Å². The molecule has 0 saturated heterocycles. The van der Waals surface area contributed by atoms with Crippen LogP contribution < -0.4 is 16.4 Å². The van der Waals surface area contributed by atoms with Crippen molar-refractivity contribution in [3.63, 3.8) is 0 Å². The van der Waals surface area contributed by atoms with Gasteiger partial charge in [-0.05, 0) is 31.6 Å². The molecule has 0 aromatic carbocycles. The van der Waals surface area contributed by atoms with Crippen molar-refractivity contribution in [1.29, 1.82) is 0 Å². The van der Waals surface area contributed by atoms with Crippen LogP contribution in [0, 0.1) is 5.92 Å². The van der Waals surface area contributed by atoms with E-state index in [0.717, 1.165) is 30.9 Å². The summed E-state index contributed by atoms with van der Waals surface area (Å²) in [5, 5.41) is 7.07. The Morgan fingerprint density at radius 1 is 1.50 bits per heavy atom. The van der Waals surface area contributed by atoms with E-state index in [4.69, 9.17) is 5.73 Å². The molecule has 1 aliphatic rings. The zero-order chi connectivity index (χ0) is 14.8. The number of nitrogens with zero attached hydrogens (tertiary/aromatic N) is 1. The van der Waals surface area contributed by atoms with Crippen molar-refractivity contribution in [3.05, 3.63) is 4.88 Å². The van der Waals surface area contributed by atoms with Gasteiger partial charge in [0.05, 0.1) is 0 Å². The van der Waals surface area contributed by atoms with Crippen molar-refractivity contribution in [2.24, 2.45) is 5.92 Å². The highest BCUT2D eigenvalue weighted by molar-refractivity contribution is 7.18. The number of carbonyl (C=O) groups excluding carboxylic acids is 1. The third-order valence-corrected chi connectivity index (χ3v) is 4.91. The number of nitrogens with one attached hydrogen (secondary N) is 2. The molecule has 5 nitrogen and oxygen atoms in total. The minimum atomic E-state index is -0.0841. The molecule has 0 atom stereocenters. The standard InChI is InChI=1S/C14H24N4OS/c1-4-14(6-5-7-14)18-12(19)10-11(15)17-13(20-10)16-8-9(2)3/h9H,4-8,15H2,1-3H3,(H,16,17)(H,18,19). The number of carbonyl (C=O) groups is 1. The lowest BCUT2D eigenvalue weighted by molar-refractivity contribution is 0.0825. The van der Waals surface area contributed by atoms with Crippen LogP contribution >= 0.6 is 11.3 Å². The van der Waals surface area contributed by atoms with Gasteiger partial charge in [-0.25, -0.2) is 4.98 Å². The van der Waals surface area contributed by atoms with E-state index in [9.17, 15) is 4.79 Å². The maximum atomic E-state index is 12.3. The first-order valence-corrected chi connectivity index (χ1v) is 8.10. The van der Waals surface area contributed by atoms with Gasteiger partial charge in [0.15, 0.2) is 5.13 Å². The maximum Gasteiger partial charge on any atom is 0.265 e. The van der Waals surface area contributed by atoms with Gasteiger partial charge >= 0.3 is 0 Å². The Morgan fingerprint density at radius 2 is 2.20 bits per heavy atom. The molecule has 0 bridgehead atoms. The second-order valence-corrected chi connectivity index (χ2v) is 6.95. The Balaban J connectivity index is 2.02. The zero-order valence-corrected chi connectivity index (χ0v) is 13.3. The van der Waals surface area contributed by atoms with Crippen LogP contribution in [0.2, 0.25) is 0 Å². The lowest BCUT2D eigenvalue weighted by atomic mass is 9.75. The molecule has 0 unspecified atom stereocenters. The van der Waals surface area contributed by atoms with E-state index in [0.29, 0.717) is 16.6 Å². The van der Waals surface area contributed by atoms with E-state index < -0.39 is 0 Å². The molecular weight excluding hydrogens is 272 g/mol. The molecule has 1 aromatic rings. The average molecular weight is 296 g/mol. The summed E-state index contributed by atoms with van der Waals surface area (Å²) in [6.07, 6.45) is 4.28. The summed E-state index contributed by atoms with van der Waals surface area (Å²) in [6.45, 7) is 7.19. The third kappa shape index (κ3) is 3.23. The third-order valence-electron chi connectivity index (χ3n) is 3.89. The van der Waals surface area contributed by atoms with E-state index in [2.05, 4.69) is 36.4 Å². The molecule has 1 aliphatic carbocycles. The summed E-state index contributed by atoms with van der Waals surface area (Å²) >= 11 is 1.34. The molecule has 6 heteroatoms. The van der Waals surface area contributed by atoms with Gasteiger partial charge < -0.3 is 16.4 Å². The SMILES string of the molecule is CCC1(NC(=O)c2sc(NCC(C)C)nc2N)CCC1. The fourth-order valence-electron chi connectivity index (χ4n) is 2.33. The van der Waals surface area contributed by atoms with Crippen LogP contribution in [0.4, 0.5) is 10.9 Å². The van der Waals surface area contributed by atoms with Crippen LogP contribution in [0.3, 0.4) is 0 Å². The van der Waals surface area contributed by atoms with Crippen molar-refractivity contribution < 1.29 is 4.79 Å². The molecule has 112 valence electrons. The first-order chi connectivity index (χ1) is 9.46. The molecule has 1 amide bonds. The molecule has 1 saturated carbocycles. The first kappa shape index (κ1) is 15.1. The number of nitrogens with two attached hydrogens (primary N) is 1. The van der Waals surface area contributed by atoms with Gasteiger partial charge in [0.1, 0.15) is 10.7 Å². The monoisotopic (exact) mass is 296 g/mol. The van der Waals surface area contributed by atoms with E-state index >= 15 is 0 Å². The minimum absolute atomic E-state index is 0.0148. The Labute approximate surface area is 124 Å². The predicted octanol–water partition coefficient (Wildman–Crippen LogP) is 2.86. The molecule has 0 spiro atoms. The molecule has 1 heterocycles. The van der Waals surface area contributed by atoms with E-state index in [-0.39, 0.29) is 11.4 Å². The highest BCUT2D eigenvalue weighted by Gasteiger charge is 2.37. The minimum Gasteiger partial charge on any atom is -0.382 e. The van der Waals surface area contributed by atoms with Crippen molar-refractivity contribution in [2.75, 3.05) is 17.6 Å². The lowest BCUT2D eigenvalue weighted by Gasteiger charge is -2.41. The Morgan fingerprint density at radius 3 is 2.70 bits per heavy atom. The summed E-state index contributed by atoms with van der Waals surface area (Å²) in [6, 6.07) is 0. The van der Waals surface area contributed by atoms with Crippen LogP contribution in [-0.2, 0) is 0 Å². The van der Waals surface area contributed by atoms with Crippen molar-refractivity contribution in [2.45, 2.75) is 52.0 Å². The molecule has 20 heavy (non-hydrogen) atoms. The van der Waals surface area contributed by atoms with Crippen LogP contribution in [0.25, 0.3) is 0 Å². The van der Waals surface area contributed by atoms with E-state index in [1.54, 1.807) is 0 Å². The summed E-state index contributed by atoms with van der Waals surface area (Å²) < 4.78 is 0. The topological polar surface area (TPSA) is 80.0 Å². The fraction of sp³-hybridized carbons (Fsp3) is 0.714. The second-order valence-electron chi connectivity index (χ2n) is 5.95. The number of hydrogen-bond donors (Lipinski definition) is 3. The maximum absolute atomic E-state index is 12.3. The highest BCUT2D eigenvalue weighted by Crippen LogP contribution is 2.35. The molecular formula is C14H24N4OS. The zero-order valence-electron chi connectivity index (χ0n) is 12.5. The van der Waals surface area contributed by atoms with Crippen LogP contribution in [0.5, 0.6) is 0 Å². The number of rotatable bonds is 6. The number of nitrogen functional groups attached to an aromatic ring is 1. The van der Waals surface area contributed by atoms with E-state index in [1.165, 1.54) is 17.8 Å². The fourth-order valence-corrected chi connectivity index (χ4v) is 3.12. The summed E-state index contributed by atoms with van der Waals surface area (Å²) in [4.78, 5) is 17.1. The Hall–Kier alpha value is -1.30. The molecule has 2 rings (SSSR count). The lowest BCUT2D eigenvalue weighted by Crippen LogP contribution is -2.52. The molecule has 1 fully saturated rings. The number of anilines is 2. The molecule has 4 N–H and O–H groups in total. The first-order valence-electron chi connectivity index (χ1n) is 7.28. The summed E-state index contributed by atoms with van der Waals surface area (Å²) in [5.74, 6) is 0.763. The van der Waals surface area contributed by atoms with Crippen molar-refractivity contribution in [1.82, 2.24) is 10.3 Å². The highest BCUT2D eigenvalue weighted by atomic mass is 32.1. The van der Waals surface area contributed by atoms with Crippen LogP contribution in [0.15, 0.2) is 0 Å². The Bertz CT molecular complexity index is 474. The average Bonchev–Trinajstić information content (AvgIpc) is 2.72. The van der Waals surface area contributed by atoms with Crippen molar-refractivity contribution in [3.8, 4) is 0 Å². The quantitative estimate of drug-likeness (QED) is 0.754. The predicted molar refractivity (Wildman–Crippen MR) is 84.2 cm³/mol. The largest absolute Gasteiger partial charge is 0.382 e. The van der Waals surface area contributed by atoms with Gasteiger partial charge in [0.25, 0.3) is 5.91 Å². The van der Waals surface area contributed by atoms with Gasteiger partial charge in [-0.3, -0.25) is 4.79 Å². The number of aromatic nitrogens is 1. The summed E-state index contributed by atoms with van der Waals surface area (Å²) in [5.41, 5.74) is 5.85. The molecule has 1 aromatic heterocycles. The molecule has 0 aliphatic heterocycles. The van der Waals surface area contributed by atoms with Crippen molar-refractivity contribution >= 4 is 28.2 Å². The number of thiazole rings is 1. The number of amides is 1. The van der Waals surface area contributed by atoms with Gasteiger partial charge in [-0.15, -0.1) is 0 Å². The number of hydrogen-bond acceptors (Lipinski definition) is 5.